The second-order valence-electron chi connectivity index (χ2n) is 5.57. The predicted octanol–water partition coefficient (Wildman–Crippen LogP) is 3.70. The van der Waals surface area contributed by atoms with E-state index in [1.165, 1.54) is 18.2 Å². The van der Waals surface area contributed by atoms with Gasteiger partial charge in [-0.3, -0.25) is 4.79 Å². The molecule has 1 N–H and O–H groups in total. The van der Waals surface area contributed by atoms with Gasteiger partial charge in [-0.05, 0) is 24.6 Å². The molecule has 1 amide bonds. The molecule has 25 heavy (non-hydrogen) atoms. The molecule has 7 heteroatoms. The highest BCUT2D eigenvalue weighted by molar-refractivity contribution is 6.31. The number of hydrogen-bond donors (Lipinski definition) is 1. The first kappa shape index (κ1) is 17.1. The van der Waals surface area contributed by atoms with Crippen LogP contribution in [0.4, 0.5) is 4.39 Å². The van der Waals surface area contributed by atoms with Crippen LogP contribution in [0.1, 0.15) is 17.0 Å². The Morgan fingerprint density at radius 3 is 2.72 bits per heavy atom. The molecule has 1 heterocycles. The summed E-state index contributed by atoms with van der Waals surface area (Å²) in [6.45, 7) is 2.18. The number of amides is 1. The molecule has 5 nitrogen and oxygen atoms in total. The fourth-order valence-electron chi connectivity index (χ4n) is 2.21. The molecule has 0 saturated heterocycles. The van der Waals surface area contributed by atoms with Crippen molar-refractivity contribution in [2.24, 2.45) is 0 Å². The Morgan fingerprint density at radius 1 is 1.24 bits per heavy atom. The highest BCUT2D eigenvalue weighted by Gasteiger charge is 2.13. The van der Waals surface area contributed by atoms with Gasteiger partial charge in [0.05, 0.1) is 0 Å². The number of aryl methyl sites for hydroxylation is 1. The summed E-state index contributed by atoms with van der Waals surface area (Å²) in [5, 5.41) is 6.84. The molecule has 0 atom stereocenters. The fraction of sp³-hybridized carbons (Fsp3) is 0.167. The average molecular weight is 360 g/mol. The first-order valence-corrected chi connectivity index (χ1v) is 7.99. The van der Waals surface area contributed by atoms with Crippen LogP contribution < -0.4 is 5.32 Å². The van der Waals surface area contributed by atoms with Crippen LogP contribution in [-0.4, -0.2) is 16.0 Å². The Kier molecular flexibility index (Phi) is 5.09. The van der Waals surface area contributed by atoms with Crippen LogP contribution in [0.2, 0.25) is 5.02 Å². The fourth-order valence-corrected chi connectivity index (χ4v) is 2.44. The van der Waals surface area contributed by atoms with Crippen molar-refractivity contribution in [3.05, 3.63) is 70.3 Å². The summed E-state index contributed by atoms with van der Waals surface area (Å²) in [7, 11) is 0. The van der Waals surface area contributed by atoms with Crippen molar-refractivity contribution in [3.63, 3.8) is 0 Å². The second kappa shape index (κ2) is 7.44. The number of halogens is 2. The van der Waals surface area contributed by atoms with Crippen LogP contribution in [0.3, 0.4) is 0 Å². The van der Waals surface area contributed by atoms with E-state index in [1.54, 1.807) is 0 Å². The zero-order chi connectivity index (χ0) is 17.8. The van der Waals surface area contributed by atoms with Gasteiger partial charge in [0.2, 0.25) is 17.6 Å². The standard InChI is InChI=1S/C18H15ClFN3O2/c1-11-2-4-12(5-3-11)18-22-17(25-23-18)9-16(24)21-10-13-6-7-14(20)8-15(13)19/h2-8H,9-10H2,1H3,(H,21,24). The first-order valence-electron chi connectivity index (χ1n) is 7.61. The molecule has 3 aromatic rings. The molecule has 0 bridgehead atoms. The second-order valence-corrected chi connectivity index (χ2v) is 5.97. The molecule has 3 rings (SSSR count). The Hall–Kier alpha value is -2.73. The van der Waals surface area contributed by atoms with Gasteiger partial charge < -0.3 is 9.84 Å². The number of carbonyl (C=O) groups excluding carboxylic acids is 1. The summed E-state index contributed by atoms with van der Waals surface area (Å²) >= 11 is 5.92. The molecule has 0 unspecified atom stereocenters. The topological polar surface area (TPSA) is 68.0 Å². The summed E-state index contributed by atoms with van der Waals surface area (Å²) in [5.74, 6) is -0.0586. The number of nitrogens with one attached hydrogen (secondary N) is 1. The molecule has 128 valence electrons. The minimum atomic E-state index is -0.422. The van der Waals surface area contributed by atoms with Gasteiger partial charge in [0, 0.05) is 17.1 Å². The number of aromatic nitrogens is 2. The summed E-state index contributed by atoms with van der Waals surface area (Å²) in [6, 6.07) is 11.7. The van der Waals surface area contributed by atoms with Gasteiger partial charge in [-0.2, -0.15) is 4.98 Å². The smallest absolute Gasteiger partial charge is 0.236 e. The molecule has 0 spiro atoms. The molecule has 0 aliphatic carbocycles. The van der Waals surface area contributed by atoms with Crippen LogP contribution in [0, 0.1) is 12.7 Å². The maximum atomic E-state index is 13.0. The van der Waals surface area contributed by atoms with Gasteiger partial charge in [0.15, 0.2) is 0 Å². The van der Waals surface area contributed by atoms with E-state index in [9.17, 15) is 9.18 Å². The van der Waals surface area contributed by atoms with E-state index >= 15 is 0 Å². The van der Waals surface area contributed by atoms with E-state index in [0.29, 0.717) is 11.4 Å². The van der Waals surface area contributed by atoms with E-state index in [2.05, 4.69) is 15.5 Å². The number of benzene rings is 2. The summed E-state index contributed by atoms with van der Waals surface area (Å²) in [6.07, 6.45) is -0.0440. The van der Waals surface area contributed by atoms with Crippen LogP contribution >= 0.6 is 11.6 Å². The maximum absolute atomic E-state index is 13.0. The zero-order valence-electron chi connectivity index (χ0n) is 13.4. The zero-order valence-corrected chi connectivity index (χ0v) is 14.2. The molecule has 1 aromatic heterocycles. The molecule has 0 fully saturated rings. The number of hydrogen-bond acceptors (Lipinski definition) is 4. The highest BCUT2D eigenvalue weighted by atomic mass is 35.5. The van der Waals surface area contributed by atoms with Crippen LogP contribution in [-0.2, 0) is 17.8 Å². The van der Waals surface area contributed by atoms with E-state index in [1.807, 2.05) is 31.2 Å². The molecule has 0 saturated carbocycles. The van der Waals surface area contributed by atoms with Crippen LogP contribution in [0.5, 0.6) is 0 Å². The van der Waals surface area contributed by atoms with Gasteiger partial charge in [0.25, 0.3) is 0 Å². The maximum Gasteiger partial charge on any atom is 0.236 e. The van der Waals surface area contributed by atoms with Gasteiger partial charge in [-0.1, -0.05) is 52.7 Å². The third-order valence-corrected chi connectivity index (χ3v) is 3.93. The number of rotatable bonds is 5. The van der Waals surface area contributed by atoms with Gasteiger partial charge >= 0.3 is 0 Å². The van der Waals surface area contributed by atoms with E-state index in [-0.39, 0.29) is 29.8 Å². The summed E-state index contributed by atoms with van der Waals surface area (Å²) < 4.78 is 18.1. The Labute approximate surface area is 148 Å². The van der Waals surface area contributed by atoms with Crippen molar-refractivity contribution >= 4 is 17.5 Å². The van der Waals surface area contributed by atoms with Crippen molar-refractivity contribution in [3.8, 4) is 11.4 Å². The molecular weight excluding hydrogens is 345 g/mol. The SMILES string of the molecule is Cc1ccc(-c2noc(CC(=O)NCc3ccc(F)cc3Cl)n2)cc1. The minimum absolute atomic E-state index is 0.0440. The third kappa shape index (κ3) is 4.42. The molecular formula is C18H15ClFN3O2. The molecule has 0 aliphatic rings. The highest BCUT2D eigenvalue weighted by Crippen LogP contribution is 2.18. The van der Waals surface area contributed by atoms with Crippen molar-refractivity contribution in [1.82, 2.24) is 15.5 Å². The molecule has 0 aliphatic heterocycles. The first-order chi connectivity index (χ1) is 12.0. The van der Waals surface area contributed by atoms with E-state index < -0.39 is 5.82 Å². The Morgan fingerprint density at radius 2 is 2.00 bits per heavy atom. The minimum Gasteiger partial charge on any atom is -0.352 e. The van der Waals surface area contributed by atoms with E-state index in [4.69, 9.17) is 16.1 Å². The lowest BCUT2D eigenvalue weighted by atomic mass is 10.1. The van der Waals surface area contributed by atoms with Crippen molar-refractivity contribution in [1.29, 1.82) is 0 Å². The summed E-state index contributed by atoms with van der Waals surface area (Å²) in [5.41, 5.74) is 2.58. The summed E-state index contributed by atoms with van der Waals surface area (Å²) in [4.78, 5) is 16.2. The Balaban J connectivity index is 1.59. The van der Waals surface area contributed by atoms with Crippen molar-refractivity contribution in [2.75, 3.05) is 0 Å². The lowest BCUT2D eigenvalue weighted by Crippen LogP contribution is -2.24. The van der Waals surface area contributed by atoms with Gasteiger partial charge in [-0.15, -0.1) is 0 Å². The predicted molar refractivity (Wildman–Crippen MR) is 91.4 cm³/mol. The Bertz CT molecular complexity index is 894. The van der Waals surface area contributed by atoms with Gasteiger partial charge in [-0.25, -0.2) is 4.39 Å². The quantitative estimate of drug-likeness (QED) is 0.754. The number of nitrogens with zero attached hydrogens (tertiary/aromatic N) is 2. The van der Waals surface area contributed by atoms with Crippen LogP contribution in [0.15, 0.2) is 47.0 Å². The lowest BCUT2D eigenvalue weighted by Gasteiger charge is -2.05. The monoisotopic (exact) mass is 359 g/mol. The number of carbonyl (C=O) groups is 1. The lowest BCUT2D eigenvalue weighted by molar-refractivity contribution is -0.120. The van der Waals surface area contributed by atoms with Crippen LogP contribution in [0.25, 0.3) is 11.4 Å². The van der Waals surface area contributed by atoms with Crippen molar-refractivity contribution in [2.45, 2.75) is 19.9 Å². The average Bonchev–Trinajstić information content (AvgIpc) is 3.03. The van der Waals surface area contributed by atoms with E-state index in [0.717, 1.165) is 11.1 Å². The third-order valence-electron chi connectivity index (χ3n) is 3.58. The van der Waals surface area contributed by atoms with Gasteiger partial charge in [0.1, 0.15) is 12.2 Å². The molecule has 0 radical (unpaired) electrons. The van der Waals surface area contributed by atoms with Crippen molar-refractivity contribution < 1.29 is 13.7 Å². The largest absolute Gasteiger partial charge is 0.352 e. The normalized spacial score (nSPS) is 10.7. The molecule has 2 aromatic carbocycles.